The molecule has 0 saturated carbocycles. The zero-order chi connectivity index (χ0) is 16.9. The fraction of sp³-hybridized carbons (Fsp3) is 0.500. The van der Waals surface area contributed by atoms with Crippen LogP contribution in [-0.2, 0) is 17.6 Å². The number of hydrogen-bond donors (Lipinski definition) is 0. The van der Waals surface area contributed by atoms with Gasteiger partial charge >= 0.3 is 0 Å². The van der Waals surface area contributed by atoms with E-state index in [1.165, 1.54) is 5.56 Å². The van der Waals surface area contributed by atoms with Crippen LogP contribution < -0.4 is 4.74 Å². The lowest BCUT2D eigenvalue weighted by Gasteiger charge is -2.32. The highest BCUT2D eigenvalue weighted by Crippen LogP contribution is 2.20. The van der Waals surface area contributed by atoms with E-state index in [9.17, 15) is 4.79 Å². The fourth-order valence-corrected chi connectivity index (χ4v) is 2.91. The Bertz CT molecular complexity index is 690. The Hall–Kier alpha value is -2.37. The number of carbonyl (C=O) groups excluding carboxylic acids is 1. The number of carbonyl (C=O) groups is 1. The van der Waals surface area contributed by atoms with Crippen LogP contribution in [0.15, 0.2) is 28.8 Å². The number of hydrogen-bond acceptors (Lipinski definition) is 5. The van der Waals surface area contributed by atoms with Crippen LogP contribution in [0.25, 0.3) is 0 Å². The van der Waals surface area contributed by atoms with Gasteiger partial charge in [-0.15, -0.1) is 0 Å². The third-order valence-corrected chi connectivity index (χ3v) is 4.28. The van der Waals surface area contributed by atoms with Crippen molar-refractivity contribution in [1.82, 2.24) is 15.0 Å². The Morgan fingerprint density at radius 1 is 1.38 bits per heavy atom. The second-order valence-electron chi connectivity index (χ2n) is 6.11. The smallest absolute Gasteiger partial charge is 0.230 e. The van der Waals surface area contributed by atoms with Crippen molar-refractivity contribution in [3.05, 3.63) is 41.5 Å². The monoisotopic (exact) mass is 329 g/mol. The molecule has 1 aromatic heterocycles. The molecule has 1 aliphatic heterocycles. The van der Waals surface area contributed by atoms with E-state index in [-0.39, 0.29) is 18.4 Å². The van der Waals surface area contributed by atoms with Gasteiger partial charge < -0.3 is 14.2 Å². The number of likely N-dealkylation sites (tertiary alicyclic amines) is 1. The third-order valence-electron chi connectivity index (χ3n) is 4.28. The van der Waals surface area contributed by atoms with Gasteiger partial charge in [0.05, 0.1) is 6.42 Å². The van der Waals surface area contributed by atoms with Crippen molar-refractivity contribution in [3.8, 4) is 5.75 Å². The Morgan fingerprint density at radius 3 is 2.83 bits per heavy atom. The van der Waals surface area contributed by atoms with Gasteiger partial charge in [-0.05, 0) is 24.1 Å². The number of aromatic nitrogens is 2. The summed E-state index contributed by atoms with van der Waals surface area (Å²) < 4.78 is 11.0. The summed E-state index contributed by atoms with van der Waals surface area (Å²) in [7, 11) is 0. The predicted molar refractivity (Wildman–Crippen MR) is 88.8 cm³/mol. The van der Waals surface area contributed by atoms with Crippen molar-refractivity contribution in [2.45, 2.75) is 45.6 Å². The lowest BCUT2D eigenvalue weighted by atomic mass is 10.1. The van der Waals surface area contributed by atoms with Gasteiger partial charge in [-0.2, -0.15) is 4.98 Å². The quantitative estimate of drug-likeness (QED) is 0.843. The largest absolute Gasteiger partial charge is 0.490 e. The van der Waals surface area contributed by atoms with Crippen molar-refractivity contribution < 1.29 is 14.1 Å². The Labute approximate surface area is 141 Å². The van der Waals surface area contributed by atoms with Crippen LogP contribution in [0.2, 0.25) is 0 Å². The summed E-state index contributed by atoms with van der Waals surface area (Å²) in [4.78, 5) is 18.2. The van der Waals surface area contributed by atoms with Gasteiger partial charge in [0.2, 0.25) is 11.8 Å². The first-order valence-corrected chi connectivity index (χ1v) is 8.46. The first kappa shape index (κ1) is 16.5. The number of nitrogens with zero attached hydrogens (tertiary/aromatic N) is 3. The maximum absolute atomic E-state index is 12.3. The molecule has 3 rings (SSSR count). The summed E-state index contributed by atoms with van der Waals surface area (Å²) in [5.74, 6) is 1.90. The van der Waals surface area contributed by atoms with Gasteiger partial charge in [0.15, 0.2) is 5.82 Å². The maximum atomic E-state index is 12.3. The van der Waals surface area contributed by atoms with E-state index in [0.29, 0.717) is 24.8 Å². The second-order valence-corrected chi connectivity index (χ2v) is 6.11. The summed E-state index contributed by atoms with van der Waals surface area (Å²) in [5, 5.41) is 3.78. The van der Waals surface area contributed by atoms with E-state index in [0.717, 1.165) is 25.0 Å². The molecular formula is C18H23N3O3. The van der Waals surface area contributed by atoms with Gasteiger partial charge in [0, 0.05) is 32.9 Å². The predicted octanol–water partition coefficient (Wildman–Crippen LogP) is 2.55. The van der Waals surface area contributed by atoms with Crippen LogP contribution in [-0.4, -0.2) is 40.1 Å². The molecule has 1 fully saturated rings. The van der Waals surface area contributed by atoms with E-state index in [4.69, 9.17) is 9.26 Å². The minimum atomic E-state index is 0.0437. The normalized spacial score (nSPS) is 15.5. The third kappa shape index (κ3) is 4.13. The average molecular weight is 329 g/mol. The number of aryl methyl sites for hydroxylation is 2. The minimum Gasteiger partial charge on any atom is -0.490 e. The van der Waals surface area contributed by atoms with Crippen LogP contribution >= 0.6 is 0 Å². The minimum absolute atomic E-state index is 0.0437. The molecule has 0 bridgehead atoms. The Kier molecular flexibility index (Phi) is 5.13. The Morgan fingerprint density at radius 2 is 2.17 bits per heavy atom. The molecule has 0 spiro atoms. The van der Waals surface area contributed by atoms with Gasteiger partial charge in [-0.25, -0.2) is 0 Å². The van der Waals surface area contributed by atoms with Crippen molar-refractivity contribution in [3.63, 3.8) is 0 Å². The fourth-order valence-electron chi connectivity index (χ4n) is 2.91. The molecule has 1 aliphatic rings. The van der Waals surface area contributed by atoms with Gasteiger partial charge in [-0.1, -0.05) is 24.2 Å². The topological polar surface area (TPSA) is 68.5 Å². The van der Waals surface area contributed by atoms with Crippen LogP contribution in [0.5, 0.6) is 5.75 Å². The molecule has 0 N–H and O–H groups in total. The number of amides is 1. The standard InChI is InChI=1S/C18H23N3O3/c1-3-14-5-4-6-16(11-14)23-15-7-9-21(10-8-15)18(22)12-17-19-13(2)24-20-17/h4-6,11,15H,3,7-10,12H2,1-2H3. The van der Waals surface area contributed by atoms with Crippen LogP contribution in [0.1, 0.15) is 37.0 Å². The molecule has 2 heterocycles. The molecule has 1 aromatic carbocycles. The van der Waals surface area contributed by atoms with E-state index in [1.807, 2.05) is 17.0 Å². The van der Waals surface area contributed by atoms with Crippen molar-refractivity contribution in [2.75, 3.05) is 13.1 Å². The maximum Gasteiger partial charge on any atom is 0.230 e. The van der Waals surface area contributed by atoms with Crippen molar-refractivity contribution in [2.24, 2.45) is 0 Å². The summed E-state index contributed by atoms with van der Waals surface area (Å²) in [5.41, 5.74) is 1.27. The molecule has 0 radical (unpaired) electrons. The molecule has 6 nitrogen and oxygen atoms in total. The molecule has 0 aliphatic carbocycles. The molecule has 24 heavy (non-hydrogen) atoms. The average Bonchev–Trinajstić information content (AvgIpc) is 3.00. The molecule has 1 saturated heterocycles. The van der Waals surface area contributed by atoms with E-state index in [2.05, 4.69) is 29.2 Å². The second kappa shape index (κ2) is 7.47. The van der Waals surface area contributed by atoms with Gasteiger partial charge in [0.1, 0.15) is 11.9 Å². The number of piperidine rings is 1. The molecule has 1 amide bonds. The molecule has 128 valence electrons. The number of rotatable bonds is 5. The first-order chi connectivity index (χ1) is 11.6. The molecule has 0 unspecified atom stereocenters. The number of benzene rings is 1. The zero-order valence-electron chi connectivity index (χ0n) is 14.2. The highest BCUT2D eigenvalue weighted by molar-refractivity contribution is 5.78. The van der Waals surface area contributed by atoms with Crippen LogP contribution in [0, 0.1) is 6.92 Å². The summed E-state index contributed by atoms with van der Waals surface area (Å²) in [6, 6.07) is 8.22. The van der Waals surface area contributed by atoms with Crippen molar-refractivity contribution in [1.29, 1.82) is 0 Å². The van der Waals surface area contributed by atoms with Gasteiger partial charge in [-0.3, -0.25) is 4.79 Å². The first-order valence-electron chi connectivity index (χ1n) is 8.46. The zero-order valence-corrected chi connectivity index (χ0v) is 14.2. The highest BCUT2D eigenvalue weighted by Gasteiger charge is 2.25. The van der Waals surface area contributed by atoms with E-state index in [1.54, 1.807) is 6.92 Å². The lowest BCUT2D eigenvalue weighted by molar-refractivity contribution is -0.132. The van der Waals surface area contributed by atoms with Gasteiger partial charge in [0.25, 0.3) is 0 Å². The lowest BCUT2D eigenvalue weighted by Crippen LogP contribution is -2.42. The van der Waals surface area contributed by atoms with Crippen molar-refractivity contribution >= 4 is 5.91 Å². The van der Waals surface area contributed by atoms with Crippen LogP contribution in [0.4, 0.5) is 0 Å². The molecular weight excluding hydrogens is 306 g/mol. The summed E-state index contributed by atoms with van der Waals surface area (Å²) in [6.45, 7) is 5.26. The molecule has 2 aromatic rings. The highest BCUT2D eigenvalue weighted by atomic mass is 16.5. The molecule has 6 heteroatoms. The number of ether oxygens (including phenoxy) is 1. The summed E-state index contributed by atoms with van der Waals surface area (Å²) >= 11 is 0. The van der Waals surface area contributed by atoms with E-state index < -0.39 is 0 Å². The summed E-state index contributed by atoms with van der Waals surface area (Å²) in [6.07, 6.45) is 3.04. The van der Waals surface area contributed by atoms with E-state index >= 15 is 0 Å². The van der Waals surface area contributed by atoms with Crippen LogP contribution in [0.3, 0.4) is 0 Å². The SMILES string of the molecule is CCc1cccc(OC2CCN(C(=O)Cc3noc(C)n3)CC2)c1. The molecule has 0 atom stereocenters. The Balaban J connectivity index is 1.49.